The average Bonchev–Trinajstić information content (AvgIpc) is 2.52. The second kappa shape index (κ2) is 7.29. The van der Waals surface area contributed by atoms with E-state index in [1.54, 1.807) is 26.6 Å². The standard InChI is InChI=1S/C16H19ClN2O2/c1-11(13-4-6-18-7-5-13)19-10-12-8-14(17)16(21-3)15(9-12)20-2/h4-9,11,19H,10H2,1-3H3/t11-/m0/s1. The number of halogens is 1. The number of benzene rings is 1. The van der Waals surface area contributed by atoms with Crippen LogP contribution >= 0.6 is 11.6 Å². The second-order valence-electron chi connectivity index (χ2n) is 4.70. The van der Waals surface area contributed by atoms with Gasteiger partial charge in [0.25, 0.3) is 0 Å². The highest BCUT2D eigenvalue weighted by Crippen LogP contribution is 2.36. The molecule has 0 aliphatic carbocycles. The van der Waals surface area contributed by atoms with Crippen molar-refractivity contribution in [2.45, 2.75) is 19.5 Å². The lowest BCUT2D eigenvalue weighted by Gasteiger charge is -2.16. The van der Waals surface area contributed by atoms with Gasteiger partial charge in [0.05, 0.1) is 19.2 Å². The van der Waals surface area contributed by atoms with Gasteiger partial charge in [0.2, 0.25) is 0 Å². The summed E-state index contributed by atoms with van der Waals surface area (Å²) in [5.41, 5.74) is 2.23. The Hall–Kier alpha value is -1.78. The first kappa shape index (κ1) is 15.6. The highest BCUT2D eigenvalue weighted by molar-refractivity contribution is 6.32. The van der Waals surface area contributed by atoms with Crippen molar-refractivity contribution < 1.29 is 9.47 Å². The molecular weight excluding hydrogens is 288 g/mol. The van der Waals surface area contributed by atoms with Crippen molar-refractivity contribution in [3.8, 4) is 11.5 Å². The molecular formula is C16H19ClN2O2. The zero-order chi connectivity index (χ0) is 15.2. The number of ether oxygens (including phenoxy) is 2. The fourth-order valence-electron chi connectivity index (χ4n) is 2.11. The van der Waals surface area contributed by atoms with Crippen LogP contribution in [0.3, 0.4) is 0 Å². The van der Waals surface area contributed by atoms with E-state index in [1.807, 2.05) is 24.3 Å². The molecule has 4 nitrogen and oxygen atoms in total. The lowest BCUT2D eigenvalue weighted by Crippen LogP contribution is -2.18. The molecule has 0 spiro atoms. The summed E-state index contributed by atoms with van der Waals surface area (Å²) in [6.45, 7) is 2.79. The van der Waals surface area contributed by atoms with Crippen LogP contribution in [0, 0.1) is 0 Å². The summed E-state index contributed by atoms with van der Waals surface area (Å²) < 4.78 is 10.5. The van der Waals surface area contributed by atoms with Gasteiger partial charge in [-0.1, -0.05) is 11.6 Å². The first-order valence-electron chi connectivity index (χ1n) is 6.69. The maximum absolute atomic E-state index is 6.20. The van der Waals surface area contributed by atoms with E-state index in [1.165, 1.54) is 5.56 Å². The molecule has 0 aliphatic heterocycles. The van der Waals surface area contributed by atoms with Crippen LogP contribution in [-0.2, 0) is 6.54 Å². The van der Waals surface area contributed by atoms with Gasteiger partial charge in [-0.3, -0.25) is 4.98 Å². The minimum atomic E-state index is 0.222. The van der Waals surface area contributed by atoms with Gasteiger partial charge in [0.15, 0.2) is 11.5 Å². The van der Waals surface area contributed by atoms with E-state index in [-0.39, 0.29) is 6.04 Å². The molecule has 21 heavy (non-hydrogen) atoms. The zero-order valence-electron chi connectivity index (χ0n) is 12.4. The molecule has 0 fully saturated rings. The Balaban J connectivity index is 2.08. The summed E-state index contributed by atoms with van der Waals surface area (Å²) >= 11 is 6.20. The fourth-order valence-corrected chi connectivity index (χ4v) is 2.42. The third-order valence-corrected chi connectivity index (χ3v) is 3.59. The van der Waals surface area contributed by atoms with Crippen LogP contribution in [0.15, 0.2) is 36.7 Å². The van der Waals surface area contributed by atoms with Gasteiger partial charge in [0.1, 0.15) is 0 Å². The molecule has 0 bridgehead atoms. The van der Waals surface area contributed by atoms with E-state index in [9.17, 15) is 0 Å². The van der Waals surface area contributed by atoms with Gasteiger partial charge >= 0.3 is 0 Å². The lowest BCUT2D eigenvalue weighted by molar-refractivity contribution is 0.354. The molecule has 1 N–H and O–H groups in total. The molecule has 0 amide bonds. The maximum Gasteiger partial charge on any atom is 0.179 e. The number of aromatic nitrogens is 1. The van der Waals surface area contributed by atoms with Crippen molar-refractivity contribution in [2.75, 3.05) is 14.2 Å². The monoisotopic (exact) mass is 306 g/mol. The Labute approximate surface area is 130 Å². The Morgan fingerprint density at radius 3 is 2.52 bits per heavy atom. The molecule has 0 radical (unpaired) electrons. The van der Waals surface area contributed by atoms with Crippen LogP contribution < -0.4 is 14.8 Å². The number of nitrogens with one attached hydrogen (secondary N) is 1. The molecule has 112 valence electrons. The van der Waals surface area contributed by atoms with Crippen LogP contribution in [0.1, 0.15) is 24.1 Å². The van der Waals surface area contributed by atoms with Crippen LogP contribution in [-0.4, -0.2) is 19.2 Å². The second-order valence-corrected chi connectivity index (χ2v) is 5.10. The van der Waals surface area contributed by atoms with Crippen LogP contribution in [0.4, 0.5) is 0 Å². The molecule has 2 aromatic rings. The van der Waals surface area contributed by atoms with Gasteiger partial charge in [0, 0.05) is 25.0 Å². The summed E-state index contributed by atoms with van der Waals surface area (Å²) in [5.74, 6) is 1.20. The van der Waals surface area contributed by atoms with E-state index in [4.69, 9.17) is 21.1 Å². The topological polar surface area (TPSA) is 43.4 Å². The first-order chi connectivity index (χ1) is 10.2. The van der Waals surface area contributed by atoms with E-state index in [0.717, 1.165) is 5.56 Å². The third-order valence-electron chi connectivity index (χ3n) is 3.31. The number of rotatable bonds is 6. The van der Waals surface area contributed by atoms with Gasteiger partial charge in [-0.15, -0.1) is 0 Å². The normalized spacial score (nSPS) is 12.0. The van der Waals surface area contributed by atoms with Crippen LogP contribution in [0.2, 0.25) is 5.02 Å². The Kier molecular flexibility index (Phi) is 5.42. The van der Waals surface area contributed by atoms with Crippen LogP contribution in [0.25, 0.3) is 0 Å². The molecule has 0 unspecified atom stereocenters. The average molecular weight is 307 g/mol. The van der Waals surface area contributed by atoms with Gasteiger partial charge in [-0.2, -0.15) is 0 Å². The van der Waals surface area contributed by atoms with Crippen molar-refractivity contribution in [3.63, 3.8) is 0 Å². The summed E-state index contributed by atoms with van der Waals surface area (Å²) in [4.78, 5) is 4.02. The molecule has 1 heterocycles. The van der Waals surface area contributed by atoms with E-state index in [2.05, 4.69) is 17.2 Å². The quantitative estimate of drug-likeness (QED) is 0.885. The van der Waals surface area contributed by atoms with E-state index >= 15 is 0 Å². The number of hydrogen-bond donors (Lipinski definition) is 1. The van der Waals surface area contributed by atoms with Crippen molar-refractivity contribution in [3.05, 3.63) is 52.8 Å². The smallest absolute Gasteiger partial charge is 0.179 e. The number of nitrogens with zero attached hydrogens (tertiary/aromatic N) is 1. The van der Waals surface area contributed by atoms with Crippen molar-refractivity contribution in [1.82, 2.24) is 10.3 Å². The molecule has 5 heteroatoms. The molecule has 2 rings (SSSR count). The Bertz CT molecular complexity index is 590. The minimum absolute atomic E-state index is 0.222. The Morgan fingerprint density at radius 2 is 1.90 bits per heavy atom. The summed E-state index contributed by atoms with van der Waals surface area (Å²) in [6.07, 6.45) is 3.58. The van der Waals surface area contributed by atoms with Gasteiger partial charge in [-0.25, -0.2) is 0 Å². The summed E-state index contributed by atoms with van der Waals surface area (Å²) in [7, 11) is 3.18. The zero-order valence-corrected chi connectivity index (χ0v) is 13.1. The van der Waals surface area contributed by atoms with E-state index in [0.29, 0.717) is 23.1 Å². The predicted octanol–water partition coefficient (Wildman–Crippen LogP) is 3.60. The minimum Gasteiger partial charge on any atom is -0.493 e. The first-order valence-corrected chi connectivity index (χ1v) is 7.07. The van der Waals surface area contributed by atoms with Crippen molar-refractivity contribution in [1.29, 1.82) is 0 Å². The van der Waals surface area contributed by atoms with E-state index < -0.39 is 0 Å². The van der Waals surface area contributed by atoms with Gasteiger partial charge in [-0.05, 0) is 42.3 Å². The number of methoxy groups -OCH3 is 2. The third kappa shape index (κ3) is 3.86. The summed E-state index contributed by atoms with van der Waals surface area (Å²) in [6, 6.07) is 8.03. The molecule has 1 atom stereocenters. The largest absolute Gasteiger partial charge is 0.493 e. The molecule has 0 saturated heterocycles. The van der Waals surface area contributed by atoms with Crippen molar-refractivity contribution in [2.24, 2.45) is 0 Å². The molecule has 0 saturated carbocycles. The lowest BCUT2D eigenvalue weighted by atomic mass is 10.1. The highest BCUT2D eigenvalue weighted by Gasteiger charge is 2.11. The predicted molar refractivity (Wildman–Crippen MR) is 84.0 cm³/mol. The summed E-state index contributed by atoms with van der Waals surface area (Å²) in [5, 5.41) is 3.99. The number of hydrogen-bond acceptors (Lipinski definition) is 4. The van der Waals surface area contributed by atoms with Gasteiger partial charge < -0.3 is 14.8 Å². The van der Waals surface area contributed by atoms with Crippen molar-refractivity contribution >= 4 is 11.6 Å². The van der Waals surface area contributed by atoms with Crippen LogP contribution in [0.5, 0.6) is 11.5 Å². The molecule has 0 aliphatic rings. The molecule has 1 aromatic heterocycles. The number of pyridine rings is 1. The SMILES string of the molecule is COc1cc(CN[C@@H](C)c2ccncc2)cc(Cl)c1OC. The maximum atomic E-state index is 6.20. The Morgan fingerprint density at radius 1 is 1.19 bits per heavy atom. The molecule has 1 aromatic carbocycles. The highest BCUT2D eigenvalue weighted by atomic mass is 35.5. The fraction of sp³-hybridized carbons (Fsp3) is 0.312.